The fraction of sp³-hybridized carbons (Fsp3) is 0.600. The monoisotopic (exact) mass is 390 g/mol. The van der Waals surface area contributed by atoms with Gasteiger partial charge in [0.15, 0.2) is 5.96 Å². The van der Waals surface area contributed by atoms with Crippen LogP contribution in [0.25, 0.3) is 0 Å². The molecule has 0 saturated carbocycles. The molecular weight excluding hydrogens is 360 g/mol. The zero-order valence-corrected chi connectivity index (χ0v) is 16.9. The minimum atomic E-state index is -0.214. The summed E-state index contributed by atoms with van der Waals surface area (Å²) in [4.78, 5) is 22.7. The van der Waals surface area contributed by atoms with E-state index in [1.165, 1.54) is 4.90 Å². The minimum Gasteiger partial charge on any atom is -0.368 e. The van der Waals surface area contributed by atoms with Crippen molar-refractivity contribution in [2.24, 2.45) is 4.99 Å². The number of benzene rings is 1. The lowest BCUT2D eigenvalue weighted by atomic mass is 10.2. The quantitative estimate of drug-likeness (QED) is 0.349. The first kappa shape index (κ1) is 20.0. The van der Waals surface area contributed by atoms with Crippen molar-refractivity contribution in [3.8, 4) is 0 Å². The number of ether oxygens (including phenoxy) is 1. The molecule has 1 unspecified atom stereocenters. The number of nitrogens with one attached hydrogen (secondary N) is 1. The van der Waals surface area contributed by atoms with Crippen LogP contribution in [0.2, 0.25) is 0 Å². The summed E-state index contributed by atoms with van der Waals surface area (Å²) in [6, 6.07) is 10.4. The fourth-order valence-corrected chi connectivity index (χ4v) is 4.14. The van der Waals surface area contributed by atoms with Crippen LogP contribution < -0.4 is 5.32 Å². The molecule has 1 N–H and O–H groups in total. The topological polar surface area (TPSA) is 57.2 Å². The Morgan fingerprint density at radius 1 is 1.22 bits per heavy atom. The molecule has 2 aliphatic heterocycles. The van der Waals surface area contributed by atoms with E-state index in [4.69, 9.17) is 9.73 Å². The van der Waals surface area contributed by atoms with Crippen LogP contribution in [0.5, 0.6) is 0 Å². The lowest BCUT2D eigenvalue weighted by Gasteiger charge is -2.37. The average molecular weight is 391 g/mol. The molecule has 2 saturated heterocycles. The van der Waals surface area contributed by atoms with Gasteiger partial charge in [0.05, 0.1) is 6.54 Å². The van der Waals surface area contributed by atoms with Gasteiger partial charge in [0.1, 0.15) is 6.10 Å². The second-order valence-corrected chi connectivity index (χ2v) is 7.88. The number of hydrogen-bond donors (Lipinski definition) is 1. The summed E-state index contributed by atoms with van der Waals surface area (Å²) in [5.74, 6) is 2.07. The molecular formula is C20H30N4O2S. The summed E-state index contributed by atoms with van der Waals surface area (Å²) >= 11 is 1.83. The lowest BCUT2D eigenvalue weighted by Crippen LogP contribution is -2.55. The highest BCUT2D eigenvalue weighted by atomic mass is 32.2. The van der Waals surface area contributed by atoms with Crippen LogP contribution in [0, 0.1) is 0 Å². The Bertz CT molecular complexity index is 612. The van der Waals surface area contributed by atoms with Crippen molar-refractivity contribution in [2.75, 3.05) is 51.6 Å². The maximum Gasteiger partial charge on any atom is 0.251 e. The number of guanidine groups is 1. The van der Waals surface area contributed by atoms with E-state index in [9.17, 15) is 4.79 Å². The van der Waals surface area contributed by atoms with E-state index in [2.05, 4.69) is 41.4 Å². The maximum atomic E-state index is 12.5. The van der Waals surface area contributed by atoms with Crippen molar-refractivity contribution in [2.45, 2.75) is 30.8 Å². The molecule has 2 heterocycles. The van der Waals surface area contributed by atoms with Gasteiger partial charge in [0, 0.05) is 50.0 Å². The Hall–Kier alpha value is -1.73. The van der Waals surface area contributed by atoms with Crippen LogP contribution in [0.15, 0.2) is 40.2 Å². The highest BCUT2D eigenvalue weighted by Gasteiger charge is 2.30. The third kappa shape index (κ3) is 5.87. The molecule has 3 rings (SSSR count). The van der Waals surface area contributed by atoms with Gasteiger partial charge in [0.2, 0.25) is 0 Å². The first-order valence-corrected chi connectivity index (χ1v) is 10.9. The van der Waals surface area contributed by atoms with Gasteiger partial charge in [0.25, 0.3) is 5.91 Å². The van der Waals surface area contributed by atoms with Crippen LogP contribution in [0.4, 0.5) is 0 Å². The zero-order chi connectivity index (χ0) is 18.9. The van der Waals surface area contributed by atoms with Crippen LogP contribution >= 0.6 is 11.8 Å². The van der Waals surface area contributed by atoms with Gasteiger partial charge in [-0.1, -0.05) is 18.2 Å². The van der Waals surface area contributed by atoms with Gasteiger partial charge in [-0.3, -0.25) is 9.79 Å². The molecule has 27 heavy (non-hydrogen) atoms. The average Bonchev–Trinajstić information content (AvgIpc) is 3.26. The fourth-order valence-electron chi connectivity index (χ4n) is 3.37. The standard InChI is InChI=1S/C20H30N4O2S/c1-2-21-20(22-10-16-27-17-7-4-3-5-8-17)24-13-11-23(12-14-24)19(25)18-9-6-15-26-18/h3-5,7-8,18H,2,6,9-16H2,1H3,(H,21,22). The third-order valence-electron chi connectivity index (χ3n) is 4.80. The van der Waals surface area contributed by atoms with Gasteiger partial charge in [-0.25, -0.2) is 0 Å². The van der Waals surface area contributed by atoms with Gasteiger partial charge in [-0.2, -0.15) is 0 Å². The number of aliphatic imine (C=N–C) groups is 1. The first-order chi connectivity index (χ1) is 13.3. The molecule has 2 fully saturated rings. The molecule has 1 aromatic carbocycles. The summed E-state index contributed by atoms with van der Waals surface area (Å²) in [5, 5.41) is 3.39. The van der Waals surface area contributed by atoms with E-state index < -0.39 is 0 Å². The molecule has 2 aliphatic rings. The molecule has 1 aromatic rings. The predicted molar refractivity (Wildman–Crippen MR) is 110 cm³/mol. The maximum absolute atomic E-state index is 12.5. The summed E-state index contributed by atoms with van der Waals surface area (Å²) in [5.41, 5.74) is 0. The first-order valence-electron chi connectivity index (χ1n) is 9.89. The Morgan fingerprint density at radius 2 is 1.96 bits per heavy atom. The molecule has 148 valence electrons. The second-order valence-electron chi connectivity index (χ2n) is 6.71. The minimum absolute atomic E-state index is 0.161. The number of thioether (sulfide) groups is 1. The predicted octanol–water partition coefficient (Wildman–Crippen LogP) is 2.07. The molecule has 0 radical (unpaired) electrons. The number of piperazine rings is 1. The highest BCUT2D eigenvalue weighted by Crippen LogP contribution is 2.17. The van der Waals surface area contributed by atoms with Gasteiger partial charge >= 0.3 is 0 Å². The number of rotatable bonds is 6. The molecule has 0 aromatic heterocycles. The third-order valence-corrected chi connectivity index (χ3v) is 5.79. The zero-order valence-electron chi connectivity index (χ0n) is 16.1. The van der Waals surface area contributed by atoms with Crippen molar-refractivity contribution in [3.05, 3.63) is 30.3 Å². The molecule has 1 amide bonds. The van der Waals surface area contributed by atoms with Gasteiger partial charge in [-0.05, 0) is 31.9 Å². The number of nitrogens with zero attached hydrogens (tertiary/aromatic N) is 3. The van der Waals surface area contributed by atoms with E-state index in [0.717, 1.165) is 63.8 Å². The lowest BCUT2D eigenvalue weighted by molar-refractivity contribution is -0.142. The SMILES string of the molecule is CCNC(=NCCSc1ccccc1)N1CCN(C(=O)C2CCCO2)CC1. The van der Waals surface area contributed by atoms with Crippen LogP contribution in [0.1, 0.15) is 19.8 Å². The summed E-state index contributed by atoms with van der Waals surface area (Å²) < 4.78 is 5.54. The Balaban J connectivity index is 1.46. The van der Waals surface area contributed by atoms with Gasteiger partial charge in [-0.15, -0.1) is 11.8 Å². The van der Waals surface area contributed by atoms with E-state index >= 15 is 0 Å². The number of hydrogen-bond acceptors (Lipinski definition) is 4. The smallest absolute Gasteiger partial charge is 0.251 e. The Kier molecular flexibility index (Phi) is 7.83. The summed E-state index contributed by atoms with van der Waals surface area (Å²) in [7, 11) is 0. The molecule has 6 nitrogen and oxygen atoms in total. The van der Waals surface area contributed by atoms with Crippen molar-refractivity contribution in [1.29, 1.82) is 0 Å². The normalized spacial score (nSPS) is 20.8. The van der Waals surface area contributed by atoms with Crippen molar-refractivity contribution >= 4 is 23.6 Å². The van der Waals surface area contributed by atoms with E-state index in [0.29, 0.717) is 6.61 Å². The number of carbonyl (C=O) groups excluding carboxylic acids is 1. The second kappa shape index (κ2) is 10.6. The van der Waals surface area contributed by atoms with Crippen molar-refractivity contribution in [1.82, 2.24) is 15.1 Å². The molecule has 0 spiro atoms. The number of carbonyl (C=O) groups is 1. The van der Waals surface area contributed by atoms with Crippen LogP contribution in [-0.4, -0.2) is 79.4 Å². The van der Waals surface area contributed by atoms with E-state index in [-0.39, 0.29) is 12.0 Å². The van der Waals surface area contributed by atoms with Crippen LogP contribution in [0.3, 0.4) is 0 Å². The van der Waals surface area contributed by atoms with E-state index in [1.54, 1.807) is 0 Å². The molecule has 0 aliphatic carbocycles. The molecule has 7 heteroatoms. The largest absolute Gasteiger partial charge is 0.368 e. The summed E-state index contributed by atoms with van der Waals surface area (Å²) in [6.45, 7) is 7.53. The summed E-state index contributed by atoms with van der Waals surface area (Å²) in [6.07, 6.45) is 1.64. The van der Waals surface area contributed by atoms with Crippen molar-refractivity contribution in [3.63, 3.8) is 0 Å². The molecule has 1 atom stereocenters. The van der Waals surface area contributed by atoms with Crippen LogP contribution in [-0.2, 0) is 9.53 Å². The van der Waals surface area contributed by atoms with Crippen molar-refractivity contribution < 1.29 is 9.53 Å². The Labute approximate surface area is 166 Å². The Morgan fingerprint density at radius 3 is 2.63 bits per heavy atom. The molecule has 0 bridgehead atoms. The number of amides is 1. The van der Waals surface area contributed by atoms with Gasteiger partial charge < -0.3 is 19.9 Å². The highest BCUT2D eigenvalue weighted by molar-refractivity contribution is 7.99. The van der Waals surface area contributed by atoms with E-state index in [1.807, 2.05) is 22.7 Å².